The highest BCUT2D eigenvalue weighted by molar-refractivity contribution is 9.10. The number of rotatable bonds is 4. The molecule has 2 aromatic rings. The molecular weight excluding hydrogens is 323 g/mol. The molecule has 0 saturated heterocycles. The molecule has 2 rings (SSSR count). The van der Waals surface area contributed by atoms with Crippen LogP contribution in [0.5, 0.6) is 5.75 Å². The van der Waals surface area contributed by atoms with Gasteiger partial charge in [-0.05, 0) is 44.2 Å². The van der Waals surface area contributed by atoms with Gasteiger partial charge in [0.15, 0.2) is 5.78 Å². The number of benzene rings is 2. The van der Waals surface area contributed by atoms with Gasteiger partial charge in [0.1, 0.15) is 11.6 Å². The van der Waals surface area contributed by atoms with Gasteiger partial charge < -0.3 is 4.74 Å². The van der Waals surface area contributed by atoms with Crippen molar-refractivity contribution in [3.05, 3.63) is 63.9 Å². The number of hydrogen-bond acceptors (Lipinski definition) is 2. The van der Waals surface area contributed by atoms with E-state index in [-0.39, 0.29) is 17.5 Å². The van der Waals surface area contributed by atoms with Gasteiger partial charge in [0.2, 0.25) is 0 Å². The summed E-state index contributed by atoms with van der Waals surface area (Å²) in [6.07, 6.45) is -0.0590. The summed E-state index contributed by atoms with van der Waals surface area (Å²) in [5.74, 6) is -0.468. The Hall–Kier alpha value is -1.68. The molecule has 0 spiro atoms. The fourth-order valence-corrected chi connectivity index (χ4v) is 2.19. The molecule has 0 heterocycles. The summed E-state index contributed by atoms with van der Waals surface area (Å²) >= 11 is 3.25. The summed E-state index contributed by atoms with van der Waals surface area (Å²) in [6, 6.07) is 11.2. The fourth-order valence-electron chi connectivity index (χ4n) is 1.83. The molecule has 0 amide bonds. The second kappa shape index (κ2) is 6.18. The van der Waals surface area contributed by atoms with Crippen molar-refractivity contribution in [1.29, 1.82) is 0 Å². The van der Waals surface area contributed by atoms with Crippen LogP contribution in [0.2, 0.25) is 0 Å². The van der Waals surface area contributed by atoms with E-state index in [1.807, 2.05) is 13.8 Å². The molecule has 0 aliphatic heterocycles. The molecule has 0 aliphatic carbocycles. The highest BCUT2D eigenvalue weighted by Crippen LogP contribution is 2.25. The first-order valence-electron chi connectivity index (χ1n) is 6.24. The zero-order valence-electron chi connectivity index (χ0n) is 11.2. The number of para-hydroxylation sites is 1. The molecule has 0 N–H and O–H groups in total. The third-order valence-electron chi connectivity index (χ3n) is 2.67. The molecule has 2 nitrogen and oxygen atoms in total. The number of ketones is 1. The monoisotopic (exact) mass is 336 g/mol. The lowest BCUT2D eigenvalue weighted by Crippen LogP contribution is -2.11. The van der Waals surface area contributed by atoms with Crippen LogP contribution in [-0.2, 0) is 0 Å². The third kappa shape index (κ3) is 3.25. The molecule has 0 fully saturated rings. The molecule has 0 aromatic heterocycles. The quantitative estimate of drug-likeness (QED) is 0.762. The van der Waals surface area contributed by atoms with Crippen LogP contribution in [0.25, 0.3) is 0 Å². The number of carbonyl (C=O) groups is 1. The second-order valence-corrected chi connectivity index (χ2v) is 5.53. The Morgan fingerprint density at radius 1 is 1.15 bits per heavy atom. The van der Waals surface area contributed by atoms with Gasteiger partial charge in [0, 0.05) is 4.47 Å². The van der Waals surface area contributed by atoms with Gasteiger partial charge >= 0.3 is 0 Å². The van der Waals surface area contributed by atoms with Crippen molar-refractivity contribution < 1.29 is 13.9 Å². The van der Waals surface area contributed by atoms with Crippen LogP contribution in [0, 0.1) is 5.82 Å². The molecule has 0 bridgehead atoms. The van der Waals surface area contributed by atoms with Crippen LogP contribution in [0.3, 0.4) is 0 Å². The first-order valence-corrected chi connectivity index (χ1v) is 7.03. The van der Waals surface area contributed by atoms with E-state index in [4.69, 9.17) is 4.74 Å². The summed E-state index contributed by atoms with van der Waals surface area (Å²) in [6.45, 7) is 3.75. The van der Waals surface area contributed by atoms with Crippen molar-refractivity contribution in [2.75, 3.05) is 0 Å². The molecule has 2 aromatic carbocycles. The topological polar surface area (TPSA) is 26.3 Å². The minimum atomic E-state index is -0.544. The highest BCUT2D eigenvalue weighted by atomic mass is 79.9. The van der Waals surface area contributed by atoms with E-state index in [9.17, 15) is 9.18 Å². The Bertz CT molecular complexity index is 638. The van der Waals surface area contributed by atoms with Crippen molar-refractivity contribution in [2.45, 2.75) is 20.0 Å². The summed E-state index contributed by atoms with van der Waals surface area (Å²) in [5.41, 5.74) is 0.386. The van der Waals surface area contributed by atoms with Gasteiger partial charge in [0.25, 0.3) is 0 Å². The van der Waals surface area contributed by atoms with Crippen molar-refractivity contribution in [2.24, 2.45) is 0 Å². The zero-order valence-corrected chi connectivity index (χ0v) is 12.8. The lowest BCUT2D eigenvalue weighted by Gasteiger charge is -2.13. The van der Waals surface area contributed by atoms with E-state index < -0.39 is 5.82 Å². The number of halogens is 2. The molecule has 0 radical (unpaired) electrons. The first-order chi connectivity index (χ1) is 9.49. The van der Waals surface area contributed by atoms with Gasteiger partial charge in [0.05, 0.1) is 17.2 Å². The lowest BCUT2D eigenvalue weighted by atomic mass is 10.0. The maximum Gasteiger partial charge on any atom is 0.199 e. The summed E-state index contributed by atoms with van der Waals surface area (Å²) in [4.78, 5) is 12.5. The lowest BCUT2D eigenvalue weighted by molar-refractivity contribution is 0.102. The van der Waals surface area contributed by atoms with E-state index >= 15 is 0 Å². The maximum atomic E-state index is 13.8. The SMILES string of the molecule is CC(C)Oc1ccccc1C(=O)c1cc(Br)ccc1F. The van der Waals surface area contributed by atoms with Crippen molar-refractivity contribution >= 4 is 21.7 Å². The summed E-state index contributed by atoms with van der Waals surface area (Å²) in [5, 5.41) is 0. The standard InChI is InChI=1S/C16H14BrFO2/c1-10(2)20-15-6-4-3-5-12(15)16(19)13-9-11(17)7-8-14(13)18/h3-10H,1-2H3. The van der Waals surface area contributed by atoms with Crippen LogP contribution in [-0.4, -0.2) is 11.9 Å². The van der Waals surface area contributed by atoms with E-state index in [0.717, 1.165) is 0 Å². The smallest absolute Gasteiger partial charge is 0.199 e. The Labute approximate surface area is 125 Å². The van der Waals surface area contributed by atoms with Gasteiger partial charge in [-0.15, -0.1) is 0 Å². The second-order valence-electron chi connectivity index (χ2n) is 4.62. The minimum absolute atomic E-state index is 0.0270. The Morgan fingerprint density at radius 2 is 1.85 bits per heavy atom. The van der Waals surface area contributed by atoms with Gasteiger partial charge in [-0.1, -0.05) is 28.1 Å². The fraction of sp³-hybridized carbons (Fsp3) is 0.188. The molecular formula is C16H14BrFO2. The predicted molar refractivity (Wildman–Crippen MR) is 79.7 cm³/mol. The predicted octanol–water partition coefficient (Wildman–Crippen LogP) is 4.61. The van der Waals surface area contributed by atoms with E-state index in [1.165, 1.54) is 12.1 Å². The van der Waals surface area contributed by atoms with Crippen LogP contribution >= 0.6 is 15.9 Å². The van der Waals surface area contributed by atoms with Gasteiger partial charge in [-0.2, -0.15) is 0 Å². The Kier molecular flexibility index (Phi) is 4.55. The van der Waals surface area contributed by atoms with Crippen LogP contribution in [0.15, 0.2) is 46.9 Å². The summed E-state index contributed by atoms with van der Waals surface area (Å²) < 4.78 is 20.1. The Morgan fingerprint density at radius 3 is 2.55 bits per heavy atom. The van der Waals surface area contributed by atoms with E-state index in [1.54, 1.807) is 30.3 Å². The molecule has 104 valence electrons. The number of hydrogen-bond donors (Lipinski definition) is 0. The molecule has 0 unspecified atom stereocenters. The van der Waals surface area contributed by atoms with E-state index in [2.05, 4.69) is 15.9 Å². The van der Waals surface area contributed by atoms with E-state index in [0.29, 0.717) is 15.8 Å². The average Bonchev–Trinajstić information content (AvgIpc) is 2.41. The van der Waals surface area contributed by atoms with Crippen LogP contribution in [0.1, 0.15) is 29.8 Å². The van der Waals surface area contributed by atoms with Crippen molar-refractivity contribution in [3.8, 4) is 5.75 Å². The normalized spacial score (nSPS) is 10.7. The van der Waals surface area contributed by atoms with Gasteiger partial charge in [-0.25, -0.2) is 4.39 Å². The zero-order chi connectivity index (χ0) is 14.7. The molecule has 0 atom stereocenters. The van der Waals surface area contributed by atoms with Crippen molar-refractivity contribution in [3.63, 3.8) is 0 Å². The molecule has 20 heavy (non-hydrogen) atoms. The first kappa shape index (κ1) is 14.7. The molecule has 0 saturated carbocycles. The largest absolute Gasteiger partial charge is 0.490 e. The van der Waals surface area contributed by atoms with Crippen molar-refractivity contribution in [1.82, 2.24) is 0 Å². The average molecular weight is 337 g/mol. The molecule has 0 aliphatic rings. The maximum absolute atomic E-state index is 13.8. The molecule has 4 heteroatoms. The Balaban J connectivity index is 2.45. The minimum Gasteiger partial charge on any atom is -0.490 e. The number of carbonyl (C=O) groups excluding carboxylic acids is 1. The summed E-state index contributed by atoms with van der Waals surface area (Å²) in [7, 11) is 0. The van der Waals surface area contributed by atoms with Crippen LogP contribution in [0.4, 0.5) is 4.39 Å². The number of ether oxygens (including phenoxy) is 1. The van der Waals surface area contributed by atoms with Crippen LogP contribution < -0.4 is 4.74 Å². The van der Waals surface area contributed by atoms with Gasteiger partial charge in [-0.3, -0.25) is 4.79 Å². The highest BCUT2D eigenvalue weighted by Gasteiger charge is 2.18. The third-order valence-corrected chi connectivity index (χ3v) is 3.16.